The highest BCUT2D eigenvalue weighted by atomic mass is 16.6. The molecule has 0 aromatic carbocycles. The summed E-state index contributed by atoms with van der Waals surface area (Å²) in [6, 6.07) is 0. The molecule has 0 fully saturated rings. The molecular formula is C53H98O5. The van der Waals surface area contributed by atoms with Crippen molar-refractivity contribution in [3.05, 3.63) is 36.5 Å². The van der Waals surface area contributed by atoms with Gasteiger partial charge in [0.25, 0.3) is 0 Å². The Kier molecular flexibility index (Phi) is 47.9. The summed E-state index contributed by atoms with van der Waals surface area (Å²) in [6.45, 7) is 7.81. The van der Waals surface area contributed by atoms with E-state index in [2.05, 4.69) is 57.2 Å². The molecule has 5 nitrogen and oxygen atoms in total. The highest BCUT2D eigenvalue weighted by Crippen LogP contribution is 2.15. The molecule has 0 saturated heterocycles. The van der Waals surface area contributed by atoms with Crippen LogP contribution in [0.15, 0.2) is 36.5 Å². The number of rotatable bonds is 47. The van der Waals surface area contributed by atoms with Crippen molar-refractivity contribution in [1.82, 2.24) is 0 Å². The average molecular weight is 815 g/mol. The fourth-order valence-corrected chi connectivity index (χ4v) is 7.34. The first-order valence-electron chi connectivity index (χ1n) is 25.5. The van der Waals surface area contributed by atoms with Crippen LogP contribution in [-0.2, 0) is 23.8 Å². The summed E-state index contributed by atoms with van der Waals surface area (Å²) < 4.78 is 17.3. The fourth-order valence-electron chi connectivity index (χ4n) is 7.34. The van der Waals surface area contributed by atoms with Gasteiger partial charge in [0.05, 0.1) is 6.61 Å². The van der Waals surface area contributed by atoms with Gasteiger partial charge in [-0.05, 0) is 57.8 Å². The first-order chi connectivity index (χ1) is 28.6. The molecule has 0 aromatic rings. The van der Waals surface area contributed by atoms with Gasteiger partial charge in [-0.2, -0.15) is 0 Å². The van der Waals surface area contributed by atoms with Crippen molar-refractivity contribution in [2.75, 3.05) is 19.8 Å². The topological polar surface area (TPSA) is 61.8 Å². The lowest BCUT2D eigenvalue weighted by atomic mass is 10.0. The maximum Gasteiger partial charge on any atom is 0.306 e. The Bertz CT molecular complexity index is 924. The van der Waals surface area contributed by atoms with Gasteiger partial charge in [-0.1, -0.05) is 231 Å². The summed E-state index contributed by atoms with van der Waals surface area (Å²) in [4.78, 5) is 25.3. The van der Waals surface area contributed by atoms with Gasteiger partial charge in [-0.15, -0.1) is 0 Å². The summed E-state index contributed by atoms with van der Waals surface area (Å²) >= 11 is 0. The molecule has 0 aliphatic rings. The number of hydrogen-bond donors (Lipinski definition) is 0. The van der Waals surface area contributed by atoms with Gasteiger partial charge in [-0.3, -0.25) is 9.59 Å². The first-order valence-corrected chi connectivity index (χ1v) is 25.5. The van der Waals surface area contributed by atoms with Crippen molar-refractivity contribution in [2.24, 2.45) is 0 Å². The molecule has 0 aliphatic carbocycles. The third kappa shape index (κ3) is 46.8. The predicted molar refractivity (Wildman–Crippen MR) is 252 cm³/mol. The van der Waals surface area contributed by atoms with E-state index in [0.29, 0.717) is 19.4 Å². The molecule has 5 heteroatoms. The van der Waals surface area contributed by atoms with Crippen molar-refractivity contribution >= 4 is 11.9 Å². The molecule has 0 spiro atoms. The molecule has 0 heterocycles. The van der Waals surface area contributed by atoms with Crippen LogP contribution in [0.25, 0.3) is 0 Å². The van der Waals surface area contributed by atoms with Crippen molar-refractivity contribution in [3.63, 3.8) is 0 Å². The second-order valence-electron chi connectivity index (χ2n) is 17.1. The monoisotopic (exact) mass is 815 g/mol. The Hall–Kier alpha value is -1.88. The lowest BCUT2D eigenvalue weighted by Crippen LogP contribution is -2.30. The smallest absolute Gasteiger partial charge is 0.306 e. The number of esters is 2. The lowest BCUT2D eigenvalue weighted by Gasteiger charge is -2.18. The molecule has 0 bridgehead atoms. The molecule has 0 rings (SSSR count). The SMILES string of the molecule is CCCCC/C=C\C/C=C\C/C=C\CCCCCCCCC(=O)OCC(COCCCCCCCCCC)OC(=O)CCCCCCCCCCCCCCCCC. The highest BCUT2D eigenvalue weighted by molar-refractivity contribution is 5.70. The normalized spacial score (nSPS) is 12.4. The quantitative estimate of drug-likeness (QED) is 0.0348. The Morgan fingerprint density at radius 3 is 1.19 bits per heavy atom. The predicted octanol–water partition coefficient (Wildman–Crippen LogP) is 17.0. The third-order valence-electron chi connectivity index (χ3n) is 11.2. The maximum absolute atomic E-state index is 12.7. The van der Waals surface area contributed by atoms with E-state index in [1.54, 1.807) is 0 Å². The van der Waals surface area contributed by atoms with Gasteiger partial charge >= 0.3 is 11.9 Å². The summed E-state index contributed by atoms with van der Waals surface area (Å²) in [6.07, 6.45) is 58.6. The number of carbonyl (C=O) groups is 2. The molecule has 58 heavy (non-hydrogen) atoms. The lowest BCUT2D eigenvalue weighted by molar-refractivity contribution is -0.163. The second kappa shape index (κ2) is 49.5. The zero-order valence-electron chi connectivity index (χ0n) is 39.1. The van der Waals surface area contributed by atoms with Gasteiger partial charge in [-0.25, -0.2) is 0 Å². The maximum atomic E-state index is 12.7. The number of allylic oxidation sites excluding steroid dienone is 6. The third-order valence-corrected chi connectivity index (χ3v) is 11.2. The molecule has 0 aromatic heterocycles. The van der Waals surface area contributed by atoms with Crippen molar-refractivity contribution in [2.45, 2.75) is 271 Å². The van der Waals surface area contributed by atoms with Crippen LogP contribution in [0.5, 0.6) is 0 Å². The van der Waals surface area contributed by atoms with Crippen LogP contribution in [0.1, 0.15) is 265 Å². The van der Waals surface area contributed by atoms with Crippen LogP contribution in [0.4, 0.5) is 0 Å². The molecule has 340 valence electrons. The van der Waals surface area contributed by atoms with Crippen LogP contribution in [0.2, 0.25) is 0 Å². The van der Waals surface area contributed by atoms with Crippen LogP contribution < -0.4 is 0 Å². The molecule has 0 radical (unpaired) electrons. The molecule has 1 unspecified atom stereocenters. The summed E-state index contributed by atoms with van der Waals surface area (Å²) in [5, 5.41) is 0. The summed E-state index contributed by atoms with van der Waals surface area (Å²) in [7, 11) is 0. The van der Waals surface area contributed by atoms with E-state index in [9.17, 15) is 9.59 Å². The Morgan fingerprint density at radius 2 is 0.724 bits per heavy atom. The fraction of sp³-hybridized carbons (Fsp3) is 0.849. The zero-order valence-corrected chi connectivity index (χ0v) is 39.1. The van der Waals surface area contributed by atoms with Crippen LogP contribution >= 0.6 is 0 Å². The van der Waals surface area contributed by atoms with E-state index < -0.39 is 6.10 Å². The van der Waals surface area contributed by atoms with Gasteiger partial charge in [0.15, 0.2) is 6.10 Å². The van der Waals surface area contributed by atoms with Crippen molar-refractivity contribution in [3.8, 4) is 0 Å². The molecule has 0 N–H and O–H groups in total. The van der Waals surface area contributed by atoms with Crippen LogP contribution in [-0.4, -0.2) is 37.9 Å². The van der Waals surface area contributed by atoms with E-state index in [1.807, 2.05) is 0 Å². The van der Waals surface area contributed by atoms with E-state index in [-0.39, 0.29) is 25.2 Å². The largest absolute Gasteiger partial charge is 0.462 e. The average Bonchev–Trinajstić information content (AvgIpc) is 3.22. The number of ether oxygens (including phenoxy) is 3. The standard InChI is InChI=1S/C53H98O5/c1-4-7-10-13-16-19-21-23-25-26-27-28-30-31-33-35-37-40-43-46-52(54)57-50-51(49-56-48-45-42-39-18-15-12-9-6-3)58-53(55)47-44-41-38-36-34-32-29-24-22-20-17-14-11-8-5-2/h16,19,23,25,27-28,51H,4-15,17-18,20-22,24,26,29-50H2,1-3H3/b19-16-,25-23-,28-27-. The van der Waals surface area contributed by atoms with E-state index in [0.717, 1.165) is 64.2 Å². The Labute approximate surface area is 361 Å². The summed E-state index contributed by atoms with van der Waals surface area (Å²) in [5.41, 5.74) is 0. The van der Waals surface area contributed by atoms with Gasteiger partial charge < -0.3 is 14.2 Å². The zero-order chi connectivity index (χ0) is 42.1. The number of hydrogen-bond acceptors (Lipinski definition) is 5. The minimum Gasteiger partial charge on any atom is -0.462 e. The van der Waals surface area contributed by atoms with Gasteiger partial charge in [0.2, 0.25) is 0 Å². The van der Waals surface area contributed by atoms with Crippen LogP contribution in [0.3, 0.4) is 0 Å². The minimum atomic E-state index is -0.533. The first kappa shape index (κ1) is 56.1. The van der Waals surface area contributed by atoms with Crippen molar-refractivity contribution < 1.29 is 23.8 Å². The molecule has 0 aliphatic heterocycles. The Morgan fingerprint density at radius 1 is 0.379 bits per heavy atom. The molecule has 0 saturated carbocycles. The van der Waals surface area contributed by atoms with Crippen LogP contribution in [0, 0.1) is 0 Å². The van der Waals surface area contributed by atoms with E-state index >= 15 is 0 Å². The second-order valence-corrected chi connectivity index (χ2v) is 17.1. The van der Waals surface area contributed by atoms with Crippen molar-refractivity contribution in [1.29, 1.82) is 0 Å². The van der Waals surface area contributed by atoms with Gasteiger partial charge in [0.1, 0.15) is 6.61 Å². The molecular weight excluding hydrogens is 717 g/mol. The minimum absolute atomic E-state index is 0.0837. The molecule has 1 atom stereocenters. The molecule has 0 amide bonds. The van der Waals surface area contributed by atoms with E-state index in [1.165, 1.54) is 167 Å². The number of unbranched alkanes of at least 4 members (excludes halogenated alkanes) is 30. The van der Waals surface area contributed by atoms with Gasteiger partial charge in [0, 0.05) is 19.4 Å². The summed E-state index contributed by atoms with van der Waals surface area (Å²) in [5.74, 6) is -0.399. The number of carbonyl (C=O) groups excluding carboxylic acids is 2. The van der Waals surface area contributed by atoms with E-state index in [4.69, 9.17) is 14.2 Å². The Balaban J connectivity index is 4.15. The highest BCUT2D eigenvalue weighted by Gasteiger charge is 2.17.